The van der Waals surface area contributed by atoms with Crippen molar-refractivity contribution in [2.75, 3.05) is 67.4 Å². The van der Waals surface area contributed by atoms with E-state index in [0.29, 0.717) is 60.8 Å². The molecule has 4 aliphatic rings. The number of morpholine rings is 1. The van der Waals surface area contributed by atoms with Crippen LogP contribution in [0.2, 0.25) is 0 Å². The number of aliphatic imine (C=N–C) groups is 1. The third-order valence-corrected chi connectivity index (χ3v) is 8.98. The average Bonchev–Trinajstić information content (AvgIpc) is 3.34. The summed E-state index contributed by atoms with van der Waals surface area (Å²) in [5, 5.41) is 0. The highest BCUT2D eigenvalue weighted by Crippen LogP contribution is 2.46. The van der Waals surface area contributed by atoms with Crippen molar-refractivity contribution in [3.8, 4) is 23.0 Å². The number of benzene rings is 2. The van der Waals surface area contributed by atoms with Gasteiger partial charge >= 0.3 is 0 Å². The van der Waals surface area contributed by atoms with Crippen LogP contribution in [0.4, 0.5) is 5.69 Å². The zero-order chi connectivity index (χ0) is 29.3. The highest BCUT2D eigenvalue weighted by atomic mass is 16.6. The monoisotopic (exact) mass is 577 g/mol. The Hall–Kier alpha value is -3.60. The Balaban J connectivity index is 1.10. The number of likely N-dealkylation sites (N-methyl/N-ethyl adjacent to an activating group) is 1. The molecule has 10 nitrogen and oxygen atoms in total. The van der Waals surface area contributed by atoms with Crippen molar-refractivity contribution in [1.29, 1.82) is 0 Å². The molecule has 0 aliphatic carbocycles. The van der Waals surface area contributed by atoms with Gasteiger partial charge in [0.1, 0.15) is 0 Å². The topological polar surface area (TPSA) is 82.1 Å². The highest BCUT2D eigenvalue weighted by molar-refractivity contribution is 5.92. The normalized spacial score (nSPS) is 26.9. The number of fused-ring (bicyclic) bond motifs is 2. The lowest BCUT2D eigenvalue weighted by molar-refractivity contribution is -0.839. The number of methoxy groups -OCH3 is 2. The molecule has 4 aliphatic heterocycles. The van der Waals surface area contributed by atoms with Crippen molar-refractivity contribution < 1.29 is 33.0 Å². The lowest BCUT2D eigenvalue weighted by Gasteiger charge is -2.25. The van der Waals surface area contributed by atoms with Crippen LogP contribution in [0.25, 0.3) is 6.08 Å². The minimum Gasteiger partial charge on any atom is -0.493 e. The van der Waals surface area contributed by atoms with E-state index in [-0.39, 0.29) is 5.91 Å². The molecule has 0 spiro atoms. The Morgan fingerprint density at radius 1 is 1.10 bits per heavy atom. The first-order valence-corrected chi connectivity index (χ1v) is 14.7. The van der Waals surface area contributed by atoms with E-state index in [0.717, 1.165) is 48.6 Å². The molecule has 3 saturated heterocycles. The molecule has 0 radical (unpaired) electrons. The molecule has 0 N–H and O–H groups in total. The molecule has 10 heteroatoms. The van der Waals surface area contributed by atoms with Gasteiger partial charge in [0.05, 0.1) is 40.2 Å². The minimum absolute atomic E-state index is 0.0194. The Morgan fingerprint density at radius 2 is 1.88 bits per heavy atom. The molecule has 4 heterocycles. The second-order valence-corrected chi connectivity index (χ2v) is 11.9. The number of nitrogens with zero attached hydrogens (tertiary/aromatic N) is 4. The maximum absolute atomic E-state index is 12.5. The highest BCUT2D eigenvalue weighted by Gasteiger charge is 2.67. The maximum Gasteiger partial charge on any atom is 0.292 e. The molecular formula is C32H41N4O6+. The summed E-state index contributed by atoms with van der Waals surface area (Å²) >= 11 is 0. The van der Waals surface area contributed by atoms with E-state index in [1.807, 2.05) is 24.3 Å². The number of carbonyl (C=O) groups is 1. The SMILES string of the molecule is COc1cc(C=CC(=O)N2CCOCC2)ccc1OC[N+]1(C)CC1(C)Oc1cc2c(cc1OC)CN1CCCC1C=N2. The smallest absolute Gasteiger partial charge is 0.292 e. The Morgan fingerprint density at radius 3 is 2.67 bits per heavy atom. The van der Waals surface area contributed by atoms with Crippen molar-refractivity contribution in [3.63, 3.8) is 0 Å². The van der Waals surface area contributed by atoms with Gasteiger partial charge in [-0.3, -0.25) is 14.7 Å². The summed E-state index contributed by atoms with van der Waals surface area (Å²) < 4.78 is 30.1. The summed E-state index contributed by atoms with van der Waals surface area (Å²) in [7, 11) is 5.42. The van der Waals surface area contributed by atoms with E-state index in [1.54, 1.807) is 31.3 Å². The van der Waals surface area contributed by atoms with E-state index in [4.69, 9.17) is 28.7 Å². The maximum atomic E-state index is 12.5. The molecule has 0 saturated carbocycles. The van der Waals surface area contributed by atoms with Crippen LogP contribution in [0.5, 0.6) is 23.0 Å². The van der Waals surface area contributed by atoms with Gasteiger partial charge in [-0.2, -0.15) is 0 Å². The molecule has 3 unspecified atom stereocenters. The predicted octanol–water partition coefficient (Wildman–Crippen LogP) is 3.85. The molecule has 6 rings (SSSR count). The van der Waals surface area contributed by atoms with Gasteiger partial charge in [-0.05, 0) is 54.8 Å². The number of carbonyl (C=O) groups excluding carboxylic acids is 1. The summed E-state index contributed by atoms with van der Waals surface area (Å²) in [4.78, 5) is 21.6. The second kappa shape index (κ2) is 11.6. The van der Waals surface area contributed by atoms with E-state index in [1.165, 1.54) is 6.42 Å². The number of hydrogen-bond donors (Lipinski definition) is 0. The first-order chi connectivity index (χ1) is 20.3. The third kappa shape index (κ3) is 5.71. The molecule has 42 heavy (non-hydrogen) atoms. The lowest BCUT2D eigenvalue weighted by atomic mass is 10.1. The molecule has 0 aromatic heterocycles. The molecule has 3 atom stereocenters. The number of ether oxygens (including phenoxy) is 5. The summed E-state index contributed by atoms with van der Waals surface area (Å²) in [6, 6.07) is 10.2. The number of amides is 1. The second-order valence-electron chi connectivity index (χ2n) is 11.9. The van der Waals surface area contributed by atoms with Crippen LogP contribution in [-0.2, 0) is 16.1 Å². The van der Waals surface area contributed by atoms with Crippen LogP contribution in [-0.4, -0.2) is 106 Å². The van der Waals surface area contributed by atoms with E-state index < -0.39 is 5.72 Å². The van der Waals surface area contributed by atoms with E-state index in [2.05, 4.69) is 31.2 Å². The van der Waals surface area contributed by atoms with Crippen LogP contribution in [0.15, 0.2) is 41.4 Å². The summed E-state index contributed by atoms with van der Waals surface area (Å²) in [6.07, 6.45) is 7.85. The lowest BCUT2D eigenvalue weighted by Crippen LogP contribution is -2.39. The number of rotatable bonds is 9. The number of quaternary nitrogens is 1. The van der Waals surface area contributed by atoms with Crippen molar-refractivity contribution in [2.45, 2.75) is 38.1 Å². The molecular weight excluding hydrogens is 536 g/mol. The Kier molecular flexibility index (Phi) is 7.87. The van der Waals surface area contributed by atoms with Crippen molar-refractivity contribution in [3.05, 3.63) is 47.5 Å². The summed E-state index contributed by atoms with van der Waals surface area (Å²) in [6.45, 7) is 7.64. The van der Waals surface area contributed by atoms with Crippen LogP contribution >= 0.6 is 0 Å². The molecule has 1 amide bonds. The van der Waals surface area contributed by atoms with Crippen molar-refractivity contribution >= 4 is 23.9 Å². The summed E-state index contributed by atoms with van der Waals surface area (Å²) in [5.74, 6) is 2.65. The van der Waals surface area contributed by atoms with Crippen LogP contribution < -0.4 is 18.9 Å². The van der Waals surface area contributed by atoms with Crippen LogP contribution in [0.3, 0.4) is 0 Å². The van der Waals surface area contributed by atoms with E-state index >= 15 is 0 Å². The van der Waals surface area contributed by atoms with Gasteiger partial charge in [-0.15, -0.1) is 0 Å². The largest absolute Gasteiger partial charge is 0.493 e. The zero-order valence-corrected chi connectivity index (χ0v) is 25.0. The average molecular weight is 578 g/mol. The summed E-state index contributed by atoms with van der Waals surface area (Å²) in [5.41, 5.74) is 2.49. The third-order valence-electron chi connectivity index (χ3n) is 8.98. The van der Waals surface area contributed by atoms with Gasteiger partial charge in [-0.1, -0.05) is 6.07 Å². The fourth-order valence-electron chi connectivity index (χ4n) is 6.03. The van der Waals surface area contributed by atoms with Gasteiger partial charge in [-0.25, -0.2) is 4.48 Å². The van der Waals surface area contributed by atoms with Crippen LogP contribution in [0.1, 0.15) is 30.9 Å². The quantitative estimate of drug-likeness (QED) is 0.254. The van der Waals surface area contributed by atoms with Gasteiger partial charge < -0.3 is 28.6 Å². The molecule has 2 aromatic carbocycles. The molecule has 224 valence electrons. The zero-order valence-electron chi connectivity index (χ0n) is 25.0. The van der Waals surface area contributed by atoms with Gasteiger partial charge in [0, 0.05) is 51.0 Å². The van der Waals surface area contributed by atoms with Gasteiger partial charge in [0.2, 0.25) is 12.6 Å². The molecule has 0 bridgehead atoms. The first kappa shape index (κ1) is 28.5. The van der Waals surface area contributed by atoms with Crippen molar-refractivity contribution in [1.82, 2.24) is 9.80 Å². The van der Waals surface area contributed by atoms with Gasteiger partial charge in [0.15, 0.2) is 29.5 Å². The van der Waals surface area contributed by atoms with Gasteiger partial charge in [0.25, 0.3) is 5.72 Å². The Labute approximate surface area is 247 Å². The fraction of sp³-hybridized carbons (Fsp3) is 0.500. The number of hydrogen-bond acceptors (Lipinski definition) is 8. The minimum atomic E-state index is -0.480. The predicted molar refractivity (Wildman–Crippen MR) is 160 cm³/mol. The molecule has 2 aromatic rings. The standard InChI is InChI=1S/C32H41N4O6/c1-32(42-30-18-26-24(17-29(30)39-4)20-35-11-5-6-25(35)19-33-26)21-36(32,2)22-41-27-9-7-23(16-28(27)38-3)8-10-31(37)34-12-14-40-15-13-34/h7-10,16-19,25H,5-6,11-15,20-22H2,1-4H3/q+1. The van der Waals surface area contributed by atoms with Crippen LogP contribution in [0, 0.1) is 0 Å². The Bertz CT molecular complexity index is 1390. The fourth-order valence-corrected chi connectivity index (χ4v) is 6.03. The molecule has 3 fully saturated rings. The first-order valence-electron chi connectivity index (χ1n) is 14.7. The van der Waals surface area contributed by atoms with Crippen molar-refractivity contribution in [2.24, 2.45) is 4.99 Å². The van der Waals surface area contributed by atoms with E-state index in [9.17, 15) is 4.79 Å².